The second-order valence-corrected chi connectivity index (χ2v) is 6.68. The summed E-state index contributed by atoms with van der Waals surface area (Å²) in [5, 5.41) is 23.1. The van der Waals surface area contributed by atoms with Crippen LogP contribution in [0.25, 0.3) is 0 Å². The lowest BCUT2D eigenvalue weighted by molar-refractivity contribution is -0.991. The number of nitrogens with one attached hydrogen (secondary N) is 2. The Morgan fingerprint density at radius 2 is 1.89 bits per heavy atom. The molecule has 0 bridgehead atoms. The minimum Gasteiger partial charge on any atom is -0.595 e. The first-order valence-corrected chi connectivity index (χ1v) is 9.27. The molecule has 0 amide bonds. The fourth-order valence-corrected chi connectivity index (χ4v) is 3.20. The number of allylic oxidation sites excluding steroid dienone is 2. The number of benzene rings is 1. The van der Waals surface area contributed by atoms with Gasteiger partial charge in [0.1, 0.15) is 6.61 Å². The molecule has 0 fully saturated rings. The number of carbonyl (C=O) groups is 2. The third-order valence-electron chi connectivity index (χ3n) is 4.16. The molecule has 0 spiro atoms. The van der Waals surface area contributed by atoms with Crippen LogP contribution in [0.15, 0.2) is 46.8 Å². The Morgan fingerprint density at radius 3 is 2.44 bits per heavy atom. The third kappa shape index (κ3) is 4.56. The van der Waals surface area contributed by atoms with Crippen LogP contribution in [0.1, 0.15) is 25.3 Å². The van der Waals surface area contributed by atoms with Crippen molar-refractivity contribution in [2.45, 2.75) is 19.8 Å². The van der Waals surface area contributed by atoms with Crippen LogP contribution in [0.4, 0.5) is 5.69 Å². The van der Waals surface area contributed by atoms with Crippen LogP contribution < -0.4 is 10.5 Å². The van der Waals surface area contributed by atoms with Crippen LogP contribution in [0, 0.1) is 5.21 Å². The lowest BCUT2D eigenvalue weighted by Crippen LogP contribution is -2.99. The number of dihydropyridines is 1. The molecule has 1 aliphatic rings. The van der Waals surface area contributed by atoms with Gasteiger partial charge in [0.25, 0.3) is 0 Å². The van der Waals surface area contributed by atoms with Crippen molar-refractivity contribution in [1.29, 1.82) is 0 Å². The van der Waals surface area contributed by atoms with E-state index in [0.717, 1.165) is 0 Å². The number of carbonyl (C=O) groups excluding carboxylic acids is 2. The predicted molar refractivity (Wildman–Crippen MR) is 100 cm³/mol. The van der Waals surface area contributed by atoms with Gasteiger partial charge < -0.3 is 20.0 Å². The quantitative estimate of drug-likeness (QED) is 0.348. The van der Waals surface area contributed by atoms with Gasteiger partial charge in [-0.2, -0.15) is 5.23 Å². The SMILES string of the molecule is COC(=O)C1=C(C)NC(C)=C(C(=O)OCCBr)[C@@H]1c1cccc([NH+]([O-])O)c1. The van der Waals surface area contributed by atoms with Gasteiger partial charge in [-0.25, -0.2) is 14.8 Å². The zero-order valence-corrected chi connectivity index (χ0v) is 16.8. The summed E-state index contributed by atoms with van der Waals surface area (Å²) in [6.45, 7) is 3.56. The molecule has 8 nitrogen and oxygen atoms in total. The standard InChI is InChI=1S/C18H21BrN2O6/c1-10-14(17(22)26-3)16(12-5-4-6-13(9-12)21(24)25)15(11(2)20-10)18(23)27-8-7-19/h4-6,9,16,20-21,24H,7-8H2,1-3H3/t16-/m1/s1. The average molecular weight is 441 g/mol. The molecule has 0 aromatic heterocycles. The molecular formula is C18H21BrN2O6. The van der Waals surface area contributed by atoms with Crippen LogP contribution in [0.5, 0.6) is 0 Å². The number of hydrogen-bond donors (Lipinski definition) is 3. The van der Waals surface area contributed by atoms with Gasteiger partial charge in [0, 0.05) is 28.9 Å². The van der Waals surface area contributed by atoms with Crippen LogP contribution in [0.2, 0.25) is 0 Å². The molecule has 1 unspecified atom stereocenters. The van der Waals surface area contributed by atoms with Crippen molar-refractivity contribution in [2.24, 2.45) is 0 Å². The maximum absolute atomic E-state index is 12.7. The summed E-state index contributed by atoms with van der Waals surface area (Å²) in [4.78, 5) is 25.2. The van der Waals surface area contributed by atoms with Gasteiger partial charge in [0.15, 0.2) is 5.69 Å². The first kappa shape index (κ1) is 21.1. The van der Waals surface area contributed by atoms with E-state index in [1.807, 2.05) is 0 Å². The first-order valence-electron chi connectivity index (χ1n) is 8.15. The molecule has 2 atom stereocenters. The molecule has 0 saturated carbocycles. The Kier molecular flexibility index (Phi) is 7.14. The molecule has 0 radical (unpaired) electrons. The van der Waals surface area contributed by atoms with Gasteiger partial charge >= 0.3 is 11.9 Å². The number of rotatable bonds is 6. The molecule has 1 heterocycles. The summed E-state index contributed by atoms with van der Waals surface area (Å²) >= 11 is 3.20. The Bertz CT molecular complexity index is 803. The van der Waals surface area contributed by atoms with Crippen molar-refractivity contribution in [2.75, 3.05) is 19.0 Å². The largest absolute Gasteiger partial charge is 0.595 e. The first-order chi connectivity index (χ1) is 12.8. The Morgan fingerprint density at radius 1 is 1.26 bits per heavy atom. The van der Waals surface area contributed by atoms with E-state index < -0.39 is 23.1 Å². The van der Waals surface area contributed by atoms with Crippen LogP contribution in [-0.2, 0) is 19.1 Å². The summed E-state index contributed by atoms with van der Waals surface area (Å²) in [6.07, 6.45) is 0. The highest BCUT2D eigenvalue weighted by Gasteiger charge is 2.38. The van der Waals surface area contributed by atoms with Crippen LogP contribution in [-0.4, -0.2) is 36.2 Å². The second-order valence-electron chi connectivity index (χ2n) is 5.88. The normalized spacial score (nSPS) is 18.1. The molecule has 9 heteroatoms. The fraction of sp³-hybridized carbons (Fsp3) is 0.333. The van der Waals surface area contributed by atoms with Gasteiger partial charge in [0.2, 0.25) is 0 Å². The van der Waals surface area contributed by atoms with Crippen molar-refractivity contribution < 1.29 is 29.5 Å². The fourth-order valence-electron chi connectivity index (χ4n) is 3.04. The summed E-state index contributed by atoms with van der Waals surface area (Å²) in [5.74, 6) is -2.00. The Hall–Kier alpha value is -2.20. The van der Waals surface area contributed by atoms with Gasteiger partial charge in [-0.3, -0.25) is 0 Å². The lowest BCUT2D eigenvalue weighted by Gasteiger charge is -2.30. The van der Waals surface area contributed by atoms with E-state index in [1.54, 1.807) is 26.0 Å². The molecule has 3 N–H and O–H groups in total. The maximum Gasteiger partial charge on any atom is 0.336 e. The second kappa shape index (κ2) is 9.14. The van der Waals surface area contributed by atoms with Crippen LogP contribution in [0.3, 0.4) is 0 Å². The molecule has 1 aromatic carbocycles. The lowest BCUT2D eigenvalue weighted by atomic mass is 9.80. The van der Waals surface area contributed by atoms with Gasteiger partial charge in [-0.1, -0.05) is 28.1 Å². The Labute approximate surface area is 165 Å². The zero-order chi connectivity index (χ0) is 20.1. The van der Waals surface area contributed by atoms with E-state index in [-0.39, 0.29) is 23.4 Å². The molecule has 146 valence electrons. The van der Waals surface area contributed by atoms with E-state index in [0.29, 0.717) is 22.3 Å². The van der Waals surface area contributed by atoms with Gasteiger partial charge in [-0.15, -0.1) is 0 Å². The van der Waals surface area contributed by atoms with Gasteiger partial charge in [-0.05, 0) is 19.4 Å². The van der Waals surface area contributed by atoms with E-state index >= 15 is 0 Å². The van der Waals surface area contributed by atoms with E-state index in [2.05, 4.69) is 21.2 Å². The summed E-state index contributed by atoms with van der Waals surface area (Å²) in [7, 11) is 1.25. The highest BCUT2D eigenvalue weighted by Crippen LogP contribution is 2.39. The number of halogens is 1. The van der Waals surface area contributed by atoms with Gasteiger partial charge in [0.05, 0.1) is 24.2 Å². The maximum atomic E-state index is 12.7. The number of alkyl halides is 1. The number of ether oxygens (including phenoxy) is 2. The molecule has 27 heavy (non-hydrogen) atoms. The van der Waals surface area contributed by atoms with Crippen molar-refractivity contribution in [3.63, 3.8) is 0 Å². The van der Waals surface area contributed by atoms with Crippen LogP contribution >= 0.6 is 15.9 Å². The van der Waals surface area contributed by atoms with Crippen molar-refractivity contribution >= 4 is 33.6 Å². The summed E-state index contributed by atoms with van der Waals surface area (Å²) < 4.78 is 10.2. The van der Waals surface area contributed by atoms with E-state index in [4.69, 9.17) is 9.47 Å². The van der Waals surface area contributed by atoms with E-state index in [9.17, 15) is 20.0 Å². The summed E-state index contributed by atoms with van der Waals surface area (Å²) in [6, 6.07) is 6.13. The summed E-state index contributed by atoms with van der Waals surface area (Å²) in [5.41, 5.74) is 2.08. The van der Waals surface area contributed by atoms with Crippen molar-refractivity contribution in [1.82, 2.24) is 5.32 Å². The topological polar surface area (TPSA) is 112 Å². The minimum absolute atomic E-state index is 0.0544. The highest BCUT2D eigenvalue weighted by molar-refractivity contribution is 9.09. The molecule has 2 rings (SSSR count). The monoisotopic (exact) mass is 440 g/mol. The third-order valence-corrected chi connectivity index (χ3v) is 4.49. The van der Waals surface area contributed by atoms with Crippen molar-refractivity contribution in [3.05, 3.63) is 57.6 Å². The highest BCUT2D eigenvalue weighted by atomic mass is 79.9. The van der Waals surface area contributed by atoms with Crippen molar-refractivity contribution in [3.8, 4) is 0 Å². The molecule has 0 aliphatic carbocycles. The molecule has 1 aliphatic heterocycles. The zero-order valence-electron chi connectivity index (χ0n) is 15.2. The van der Waals surface area contributed by atoms with E-state index in [1.165, 1.54) is 19.2 Å². The molecule has 1 aromatic rings. The Balaban J connectivity index is 2.64. The smallest absolute Gasteiger partial charge is 0.336 e. The average Bonchev–Trinajstić information content (AvgIpc) is 2.64. The minimum atomic E-state index is -1.10. The number of hydrogen-bond acceptors (Lipinski definition) is 7. The predicted octanol–water partition coefficient (Wildman–Crippen LogP) is 1.44. The number of esters is 2. The molecule has 0 saturated heterocycles. The molecular weight excluding hydrogens is 420 g/mol. The number of methoxy groups -OCH3 is 1. The number of quaternary nitrogens is 1.